The van der Waals surface area contributed by atoms with Gasteiger partial charge in [-0.25, -0.2) is 4.79 Å². The Morgan fingerprint density at radius 2 is 1.68 bits per heavy atom. The fourth-order valence-electron chi connectivity index (χ4n) is 2.82. The van der Waals surface area contributed by atoms with E-state index in [1.165, 1.54) is 12.1 Å². The van der Waals surface area contributed by atoms with E-state index >= 15 is 0 Å². The van der Waals surface area contributed by atoms with Crippen LogP contribution in [0, 0.1) is 5.92 Å². The van der Waals surface area contributed by atoms with Crippen molar-refractivity contribution in [1.29, 1.82) is 0 Å². The molecular formula is C19H26N2O7. The number of phenolic OH excluding ortho intramolecular Hbond substituents is 1. The maximum Gasteiger partial charge on any atom is 0.336 e. The Morgan fingerprint density at radius 1 is 1.07 bits per heavy atom. The normalized spacial score (nSPS) is 21.5. The van der Waals surface area contributed by atoms with Crippen LogP contribution in [0.5, 0.6) is 5.75 Å². The van der Waals surface area contributed by atoms with Crippen molar-refractivity contribution >= 4 is 17.8 Å². The highest BCUT2D eigenvalue weighted by Gasteiger charge is 2.51. The number of aliphatic carboxylic acids is 1. The van der Waals surface area contributed by atoms with Crippen LogP contribution in [0.3, 0.4) is 0 Å². The van der Waals surface area contributed by atoms with Gasteiger partial charge in [0.1, 0.15) is 11.8 Å². The maximum absolute atomic E-state index is 12.6. The van der Waals surface area contributed by atoms with Gasteiger partial charge in [0.15, 0.2) is 12.2 Å². The van der Waals surface area contributed by atoms with E-state index in [2.05, 4.69) is 10.6 Å². The number of benzene rings is 1. The molecule has 1 heterocycles. The van der Waals surface area contributed by atoms with Crippen molar-refractivity contribution in [3.63, 3.8) is 0 Å². The van der Waals surface area contributed by atoms with E-state index < -0.39 is 48.2 Å². The summed E-state index contributed by atoms with van der Waals surface area (Å²) in [6, 6.07) is 4.42. The van der Waals surface area contributed by atoms with Gasteiger partial charge >= 0.3 is 5.97 Å². The van der Waals surface area contributed by atoms with Gasteiger partial charge in [-0.2, -0.15) is 0 Å². The predicted octanol–water partition coefficient (Wildman–Crippen LogP) is 0.313. The molecule has 1 aliphatic heterocycles. The maximum atomic E-state index is 12.6. The molecule has 9 heteroatoms. The molecule has 0 saturated carbocycles. The molecule has 28 heavy (non-hydrogen) atoms. The van der Waals surface area contributed by atoms with Gasteiger partial charge in [0.05, 0.1) is 12.1 Å². The van der Waals surface area contributed by atoms with E-state index in [4.69, 9.17) is 9.84 Å². The highest BCUT2D eigenvalue weighted by atomic mass is 16.6. The van der Waals surface area contributed by atoms with E-state index in [0.29, 0.717) is 12.0 Å². The lowest BCUT2D eigenvalue weighted by Crippen LogP contribution is -2.51. The minimum absolute atomic E-state index is 0.0642. The topological polar surface area (TPSA) is 148 Å². The van der Waals surface area contributed by atoms with E-state index in [0.717, 1.165) is 0 Å². The van der Waals surface area contributed by atoms with Crippen molar-refractivity contribution in [3.05, 3.63) is 29.8 Å². The molecule has 5 atom stereocenters. The van der Waals surface area contributed by atoms with Crippen LogP contribution in [0.25, 0.3) is 0 Å². The van der Waals surface area contributed by atoms with Gasteiger partial charge in [-0.05, 0) is 37.0 Å². The molecule has 0 spiro atoms. The zero-order valence-corrected chi connectivity index (χ0v) is 16.0. The number of rotatable bonds is 9. The fraction of sp³-hybridized carbons (Fsp3) is 0.526. The Morgan fingerprint density at radius 3 is 2.18 bits per heavy atom. The SMILES string of the molecule is CC(C)C[C@H](NC(=O)C1OC1C(=O)O)C(=O)NC(C)C(O)c1ccc(O)cc1. The molecule has 1 fully saturated rings. The zero-order valence-electron chi connectivity index (χ0n) is 16.0. The molecule has 9 nitrogen and oxygen atoms in total. The molecule has 1 aromatic carbocycles. The van der Waals surface area contributed by atoms with Crippen molar-refractivity contribution in [2.24, 2.45) is 5.92 Å². The van der Waals surface area contributed by atoms with Gasteiger partial charge in [-0.1, -0.05) is 26.0 Å². The van der Waals surface area contributed by atoms with Crippen molar-refractivity contribution < 1.29 is 34.4 Å². The summed E-state index contributed by atoms with van der Waals surface area (Å²) in [6.07, 6.45) is -2.95. The van der Waals surface area contributed by atoms with Crippen LogP contribution in [0.2, 0.25) is 0 Å². The number of aromatic hydroxyl groups is 1. The Bertz CT molecular complexity index is 719. The number of hydrogen-bond acceptors (Lipinski definition) is 6. The molecule has 0 aliphatic carbocycles. The first-order chi connectivity index (χ1) is 13.1. The number of aliphatic hydroxyl groups excluding tert-OH is 1. The Labute approximate surface area is 162 Å². The van der Waals surface area contributed by atoms with Crippen molar-refractivity contribution in [1.82, 2.24) is 10.6 Å². The highest BCUT2D eigenvalue weighted by molar-refractivity contribution is 5.95. The van der Waals surface area contributed by atoms with Crippen molar-refractivity contribution in [2.75, 3.05) is 0 Å². The summed E-state index contributed by atoms with van der Waals surface area (Å²) in [5.74, 6) is -2.21. The first-order valence-corrected chi connectivity index (χ1v) is 9.06. The van der Waals surface area contributed by atoms with Gasteiger partial charge in [-0.15, -0.1) is 0 Å². The minimum Gasteiger partial charge on any atom is -0.508 e. The van der Waals surface area contributed by atoms with Crippen molar-refractivity contribution in [3.8, 4) is 5.75 Å². The number of epoxide rings is 1. The molecule has 2 amide bonds. The Kier molecular flexibility index (Phi) is 6.98. The van der Waals surface area contributed by atoms with Crippen LogP contribution in [-0.2, 0) is 19.1 Å². The zero-order chi connectivity index (χ0) is 21.0. The van der Waals surface area contributed by atoms with Gasteiger partial charge in [-0.3, -0.25) is 9.59 Å². The minimum atomic E-state index is -1.23. The van der Waals surface area contributed by atoms with Gasteiger partial charge in [0.2, 0.25) is 5.91 Å². The molecule has 0 bridgehead atoms. The van der Waals surface area contributed by atoms with Crippen LogP contribution in [0.1, 0.15) is 38.9 Å². The predicted molar refractivity (Wildman–Crippen MR) is 98.4 cm³/mol. The number of nitrogens with one attached hydrogen (secondary N) is 2. The molecule has 1 aromatic rings. The van der Waals surface area contributed by atoms with Crippen LogP contribution in [0.4, 0.5) is 0 Å². The van der Waals surface area contributed by atoms with Gasteiger partial charge in [0.25, 0.3) is 5.91 Å². The second-order valence-corrected chi connectivity index (χ2v) is 7.34. The summed E-state index contributed by atoms with van der Waals surface area (Å²) in [6.45, 7) is 5.39. The lowest BCUT2D eigenvalue weighted by atomic mass is 10.0. The number of phenols is 1. The first-order valence-electron chi connectivity index (χ1n) is 9.06. The molecule has 2 rings (SSSR count). The molecule has 1 saturated heterocycles. The second-order valence-electron chi connectivity index (χ2n) is 7.34. The smallest absolute Gasteiger partial charge is 0.336 e. The Balaban J connectivity index is 1.98. The van der Waals surface area contributed by atoms with Crippen LogP contribution in [0.15, 0.2) is 24.3 Å². The third-order valence-corrected chi connectivity index (χ3v) is 4.41. The van der Waals surface area contributed by atoms with Crippen LogP contribution in [-0.4, -0.2) is 57.4 Å². The number of amides is 2. The molecule has 0 aromatic heterocycles. The summed E-state index contributed by atoms with van der Waals surface area (Å²) in [5, 5.41) is 33.8. The summed E-state index contributed by atoms with van der Waals surface area (Å²) in [5.41, 5.74) is 0.519. The fourth-order valence-corrected chi connectivity index (χ4v) is 2.82. The summed E-state index contributed by atoms with van der Waals surface area (Å²) >= 11 is 0. The largest absolute Gasteiger partial charge is 0.508 e. The lowest BCUT2D eigenvalue weighted by molar-refractivity contribution is -0.138. The second kappa shape index (κ2) is 9.03. The average molecular weight is 394 g/mol. The van der Waals surface area contributed by atoms with Gasteiger partial charge < -0.3 is 30.7 Å². The van der Waals surface area contributed by atoms with Gasteiger partial charge in [0, 0.05) is 0 Å². The quantitative estimate of drug-likeness (QED) is 0.379. The van der Waals surface area contributed by atoms with E-state index in [1.807, 2.05) is 13.8 Å². The summed E-state index contributed by atoms with van der Waals surface area (Å²) in [7, 11) is 0. The third kappa shape index (κ3) is 5.67. The molecule has 154 valence electrons. The third-order valence-electron chi connectivity index (χ3n) is 4.41. The Hall–Kier alpha value is -2.65. The summed E-state index contributed by atoms with van der Waals surface area (Å²) < 4.78 is 4.81. The first kappa shape index (κ1) is 21.6. The van der Waals surface area contributed by atoms with E-state index in [-0.39, 0.29) is 11.7 Å². The number of carboxylic acid groups (broad SMARTS) is 1. The standard InChI is InChI=1S/C19H26N2O7/c1-9(2)8-13(21-18(25)15-16(28-15)19(26)27)17(24)20-10(3)14(23)11-4-6-12(22)7-5-11/h4-7,9-10,13-16,22-23H,8H2,1-3H3,(H,20,24)(H,21,25)(H,26,27)/t10?,13-,14?,15?,16?/m0/s1. The number of carbonyl (C=O) groups excluding carboxylic acids is 2. The number of carbonyl (C=O) groups is 3. The molecule has 5 N–H and O–H groups in total. The number of ether oxygens (including phenoxy) is 1. The molecular weight excluding hydrogens is 368 g/mol. The molecule has 1 aliphatic rings. The van der Waals surface area contributed by atoms with E-state index in [1.54, 1.807) is 19.1 Å². The van der Waals surface area contributed by atoms with Crippen molar-refractivity contribution in [2.45, 2.75) is 57.6 Å². The highest BCUT2D eigenvalue weighted by Crippen LogP contribution is 2.23. The number of aliphatic hydroxyl groups is 1. The number of carboxylic acids is 1. The van der Waals surface area contributed by atoms with E-state index in [9.17, 15) is 24.6 Å². The molecule has 0 radical (unpaired) electrons. The average Bonchev–Trinajstić information content (AvgIpc) is 3.41. The van der Waals surface area contributed by atoms with Crippen LogP contribution >= 0.6 is 0 Å². The molecule has 4 unspecified atom stereocenters. The number of hydrogen-bond donors (Lipinski definition) is 5. The monoisotopic (exact) mass is 394 g/mol. The lowest BCUT2D eigenvalue weighted by Gasteiger charge is -2.25. The van der Waals surface area contributed by atoms with Crippen LogP contribution < -0.4 is 10.6 Å². The summed E-state index contributed by atoms with van der Waals surface area (Å²) in [4.78, 5) is 35.6.